The normalized spacial score (nSPS) is 10.2. The minimum atomic E-state index is -0.192. The van der Waals surface area contributed by atoms with Crippen molar-refractivity contribution in [3.05, 3.63) is 60.4 Å². The molecule has 0 unspecified atom stereocenters. The fourth-order valence-corrected chi connectivity index (χ4v) is 2.73. The van der Waals surface area contributed by atoms with Crippen LogP contribution in [0.5, 0.6) is 17.2 Å². The number of nitrogens with zero attached hydrogens (tertiary/aromatic N) is 2. The fraction of sp³-hybridized carbons (Fsp3) is 0.190. The Labute approximate surface area is 163 Å². The number of methoxy groups -OCH3 is 3. The van der Waals surface area contributed by atoms with Crippen LogP contribution >= 0.6 is 0 Å². The first-order chi connectivity index (χ1) is 13.6. The van der Waals surface area contributed by atoms with Crippen LogP contribution in [0.1, 0.15) is 5.56 Å². The average molecular weight is 379 g/mol. The molecule has 1 amide bonds. The van der Waals surface area contributed by atoms with E-state index in [1.807, 2.05) is 30.3 Å². The van der Waals surface area contributed by atoms with E-state index in [9.17, 15) is 4.79 Å². The van der Waals surface area contributed by atoms with E-state index in [0.717, 1.165) is 16.9 Å². The van der Waals surface area contributed by atoms with Crippen LogP contribution in [-0.4, -0.2) is 37.2 Å². The first-order valence-electron chi connectivity index (χ1n) is 8.60. The fourth-order valence-electron chi connectivity index (χ4n) is 2.73. The largest absolute Gasteiger partial charge is 0.497 e. The Balaban J connectivity index is 1.72. The summed E-state index contributed by atoms with van der Waals surface area (Å²) in [5.41, 5.74) is 2.37. The van der Waals surface area contributed by atoms with Crippen LogP contribution in [-0.2, 0) is 11.2 Å². The molecule has 28 heavy (non-hydrogen) atoms. The maximum atomic E-state index is 12.4. The molecule has 7 heteroatoms. The molecule has 0 spiro atoms. The van der Waals surface area contributed by atoms with E-state index in [2.05, 4.69) is 15.3 Å². The number of nitrogens with one attached hydrogen (secondary N) is 1. The average Bonchev–Trinajstić information content (AvgIpc) is 2.73. The highest BCUT2D eigenvalue weighted by Crippen LogP contribution is 2.28. The van der Waals surface area contributed by atoms with Gasteiger partial charge in [-0.05, 0) is 29.8 Å². The first-order valence-corrected chi connectivity index (χ1v) is 8.60. The summed E-state index contributed by atoms with van der Waals surface area (Å²) in [6.45, 7) is 0. The monoisotopic (exact) mass is 379 g/mol. The van der Waals surface area contributed by atoms with Gasteiger partial charge in [0.1, 0.15) is 17.9 Å². The van der Waals surface area contributed by atoms with Crippen LogP contribution in [0.15, 0.2) is 54.9 Å². The second kappa shape index (κ2) is 8.85. The quantitative estimate of drug-likeness (QED) is 0.678. The van der Waals surface area contributed by atoms with E-state index in [1.54, 1.807) is 39.5 Å². The molecule has 3 aromatic rings. The lowest BCUT2D eigenvalue weighted by Gasteiger charge is -2.10. The van der Waals surface area contributed by atoms with E-state index in [0.29, 0.717) is 23.0 Å². The number of rotatable bonds is 7. The molecule has 0 saturated carbocycles. The summed E-state index contributed by atoms with van der Waals surface area (Å²) in [7, 11) is 4.74. The van der Waals surface area contributed by atoms with Crippen molar-refractivity contribution in [1.82, 2.24) is 9.97 Å². The molecule has 144 valence electrons. The summed E-state index contributed by atoms with van der Waals surface area (Å²) in [6.07, 6.45) is 1.60. The Morgan fingerprint density at radius 3 is 2.50 bits per heavy atom. The predicted octanol–water partition coefficient (Wildman–Crippen LogP) is 3.35. The van der Waals surface area contributed by atoms with Gasteiger partial charge in [0, 0.05) is 11.6 Å². The predicted molar refractivity (Wildman–Crippen MR) is 106 cm³/mol. The summed E-state index contributed by atoms with van der Waals surface area (Å²) in [4.78, 5) is 20.8. The second-order valence-corrected chi connectivity index (χ2v) is 5.93. The van der Waals surface area contributed by atoms with Crippen molar-refractivity contribution >= 4 is 11.7 Å². The Morgan fingerprint density at radius 1 is 0.929 bits per heavy atom. The van der Waals surface area contributed by atoms with E-state index < -0.39 is 0 Å². The number of carbonyl (C=O) groups is 1. The number of benzene rings is 2. The van der Waals surface area contributed by atoms with E-state index in [4.69, 9.17) is 14.2 Å². The molecule has 0 aliphatic heterocycles. The Morgan fingerprint density at radius 2 is 1.75 bits per heavy atom. The molecule has 0 aliphatic carbocycles. The van der Waals surface area contributed by atoms with Gasteiger partial charge in [0.2, 0.25) is 5.91 Å². The number of anilines is 1. The zero-order chi connectivity index (χ0) is 19.9. The van der Waals surface area contributed by atoms with Crippen LogP contribution in [0, 0.1) is 0 Å². The molecule has 0 saturated heterocycles. The van der Waals surface area contributed by atoms with Crippen molar-refractivity contribution in [2.24, 2.45) is 0 Å². The third kappa shape index (κ3) is 4.56. The lowest BCUT2D eigenvalue weighted by atomic mass is 10.1. The van der Waals surface area contributed by atoms with Gasteiger partial charge in [0.25, 0.3) is 0 Å². The van der Waals surface area contributed by atoms with Gasteiger partial charge in [-0.3, -0.25) is 4.79 Å². The minimum absolute atomic E-state index is 0.179. The molecule has 0 atom stereocenters. The van der Waals surface area contributed by atoms with Crippen molar-refractivity contribution in [3.63, 3.8) is 0 Å². The zero-order valence-electron chi connectivity index (χ0n) is 15.9. The molecular weight excluding hydrogens is 358 g/mol. The highest BCUT2D eigenvalue weighted by molar-refractivity contribution is 5.91. The Hall–Kier alpha value is -3.61. The van der Waals surface area contributed by atoms with Gasteiger partial charge in [-0.2, -0.15) is 0 Å². The summed E-state index contributed by atoms with van der Waals surface area (Å²) in [5, 5.41) is 2.80. The van der Waals surface area contributed by atoms with Crippen molar-refractivity contribution in [3.8, 4) is 28.5 Å². The topological polar surface area (TPSA) is 82.6 Å². The molecule has 0 fully saturated rings. The summed E-state index contributed by atoms with van der Waals surface area (Å²) in [5.74, 6) is 2.16. The van der Waals surface area contributed by atoms with Crippen LogP contribution < -0.4 is 19.5 Å². The summed E-state index contributed by atoms with van der Waals surface area (Å²) in [6, 6.07) is 14.6. The van der Waals surface area contributed by atoms with Crippen LogP contribution in [0.2, 0.25) is 0 Å². The van der Waals surface area contributed by atoms with Crippen molar-refractivity contribution in [2.45, 2.75) is 6.42 Å². The van der Waals surface area contributed by atoms with Gasteiger partial charge in [0.05, 0.1) is 33.4 Å². The summed E-state index contributed by atoms with van der Waals surface area (Å²) < 4.78 is 15.7. The zero-order valence-corrected chi connectivity index (χ0v) is 15.9. The highest BCUT2D eigenvalue weighted by atomic mass is 16.5. The minimum Gasteiger partial charge on any atom is -0.497 e. The Bertz CT molecular complexity index is 975. The molecule has 0 bridgehead atoms. The number of amides is 1. The molecule has 2 aromatic carbocycles. The van der Waals surface area contributed by atoms with Gasteiger partial charge in [-0.1, -0.05) is 18.2 Å². The number of aromatic nitrogens is 2. The van der Waals surface area contributed by atoms with Crippen molar-refractivity contribution in [2.75, 3.05) is 26.6 Å². The maximum absolute atomic E-state index is 12.4. The number of hydrogen-bond donors (Lipinski definition) is 1. The van der Waals surface area contributed by atoms with Gasteiger partial charge < -0.3 is 19.5 Å². The molecule has 1 N–H and O–H groups in total. The van der Waals surface area contributed by atoms with Gasteiger partial charge >= 0.3 is 0 Å². The smallest absolute Gasteiger partial charge is 0.229 e. The van der Waals surface area contributed by atoms with Crippen molar-refractivity contribution in [1.29, 1.82) is 0 Å². The van der Waals surface area contributed by atoms with E-state index in [1.165, 1.54) is 6.33 Å². The van der Waals surface area contributed by atoms with Crippen LogP contribution in [0.25, 0.3) is 11.3 Å². The number of carbonyl (C=O) groups excluding carboxylic acids is 1. The standard InChI is InChI=1S/C21H21N3O4/c1-26-16-6-4-5-15(11-16)17-12-20(23-13-22-17)24-21(25)10-14-7-8-18(27-2)19(9-14)28-3/h4-9,11-13H,10H2,1-3H3,(H,22,23,24,25). The lowest BCUT2D eigenvalue weighted by Crippen LogP contribution is -2.15. The SMILES string of the molecule is COc1cccc(-c2cc(NC(=O)Cc3ccc(OC)c(OC)c3)ncn2)c1. The molecular formula is C21H21N3O4. The van der Waals surface area contributed by atoms with Crippen molar-refractivity contribution < 1.29 is 19.0 Å². The molecule has 0 aliphatic rings. The third-order valence-electron chi connectivity index (χ3n) is 4.11. The number of hydrogen-bond acceptors (Lipinski definition) is 6. The molecule has 1 aromatic heterocycles. The van der Waals surface area contributed by atoms with Gasteiger partial charge in [-0.25, -0.2) is 9.97 Å². The maximum Gasteiger partial charge on any atom is 0.229 e. The Kier molecular flexibility index (Phi) is 6.06. The van der Waals surface area contributed by atoms with E-state index in [-0.39, 0.29) is 12.3 Å². The first kappa shape index (κ1) is 19.2. The highest BCUT2D eigenvalue weighted by Gasteiger charge is 2.10. The molecule has 0 radical (unpaired) electrons. The summed E-state index contributed by atoms with van der Waals surface area (Å²) >= 11 is 0. The third-order valence-corrected chi connectivity index (χ3v) is 4.11. The van der Waals surface area contributed by atoms with Crippen LogP contribution in [0.4, 0.5) is 5.82 Å². The second-order valence-electron chi connectivity index (χ2n) is 5.93. The molecule has 1 heterocycles. The lowest BCUT2D eigenvalue weighted by molar-refractivity contribution is -0.115. The van der Waals surface area contributed by atoms with Gasteiger partial charge in [-0.15, -0.1) is 0 Å². The molecule has 7 nitrogen and oxygen atoms in total. The van der Waals surface area contributed by atoms with Gasteiger partial charge in [0.15, 0.2) is 11.5 Å². The number of ether oxygens (including phenoxy) is 3. The van der Waals surface area contributed by atoms with E-state index >= 15 is 0 Å². The molecule has 3 rings (SSSR count). The van der Waals surface area contributed by atoms with Crippen LogP contribution in [0.3, 0.4) is 0 Å².